The van der Waals surface area contributed by atoms with Crippen molar-refractivity contribution in [2.75, 3.05) is 5.43 Å². The van der Waals surface area contributed by atoms with E-state index in [-0.39, 0.29) is 0 Å². The molecule has 1 heterocycles. The van der Waals surface area contributed by atoms with E-state index in [1.165, 1.54) is 5.56 Å². The maximum Gasteiger partial charge on any atom is 0.243 e. The third-order valence-electron chi connectivity index (χ3n) is 3.35. The molecule has 0 aliphatic carbocycles. The van der Waals surface area contributed by atoms with Gasteiger partial charge in [-0.3, -0.25) is 0 Å². The van der Waals surface area contributed by atoms with Crippen LogP contribution in [0.4, 0.5) is 5.95 Å². The Hall–Kier alpha value is -2.23. The predicted octanol–water partition coefficient (Wildman–Crippen LogP) is 3.75. The van der Waals surface area contributed by atoms with Gasteiger partial charge in [-0.2, -0.15) is 5.10 Å². The monoisotopic (exact) mass is 282 g/mol. The summed E-state index contributed by atoms with van der Waals surface area (Å²) in [5.41, 5.74) is 8.29. The third-order valence-corrected chi connectivity index (χ3v) is 3.35. The van der Waals surface area contributed by atoms with E-state index in [4.69, 9.17) is 0 Å². The van der Waals surface area contributed by atoms with E-state index in [2.05, 4.69) is 65.5 Å². The van der Waals surface area contributed by atoms with Gasteiger partial charge in [0.05, 0.1) is 5.71 Å². The minimum Gasteiger partial charge on any atom is -0.245 e. The normalized spacial score (nSPS) is 11.5. The average Bonchev–Trinajstić information content (AvgIpc) is 2.52. The number of hydrazone groups is 1. The zero-order chi connectivity index (χ0) is 15.2. The molecule has 1 aromatic heterocycles. The second-order valence-corrected chi connectivity index (χ2v) is 5.06. The SMILES string of the molecule is CCc1cc(CC)nc(NN=C(C)c2ccc(C)cc2)n1. The maximum absolute atomic E-state index is 4.45. The van der Waals surface area contributed by atoms with E-state index < -0.39 is 0 Å². The van der Waals surface area contributed by atoms with Crippen LogP contribution in [0.2, 0.25) is 0 Å². The van der Waals surface area contributed by atoms with Crippen LogP contribution in [0.25, 0.3) is 0 Å². The van der Waals surface area contributed by atoms with Crippen LogP contribution in [0.15, 0.2) is 35.4 Å². The van der Waals surface area contributed by atoms with E-state index in [1.54, 1.807) is 0 Å². The summed E-state index contributed by atoms with van der Waals surface area (Å²) in [4.78, 5) is 8.90. The van der Waals surface area contributed by atoms with Crippen LogP contribution in [-0.2, 0) is 12.8 Å². The van der Waals surface area contributed by atoms with Crippen LogP contribution in [0.5, 0.6) is 0 Å². The molecule has 0 bridgehead atoms. The van der Waals surface area contributed by atoms with Gasteiger partial charge in [-0.05, 0) is 38.3 Å². The molecule has 1 aromatic carbocycles. The topological polar surface area (TPSA) is 50.2 Å². The molecule has 0 aliphatic rings. The van der Waals surface area contributed by atoms with Crippen LogP contribution in [-0.4, -0.2) is 15.7 Å². The number of hydrogen-bond acceptors (Lipinski definition) is 4. The van der Waals surface area contributed by atoms with Gasteiger partial charge in [-0.15, -0.1) is 0 Å². The molecule has 4 heteroatoms. The highest BCUT2D eigenvalue weighted by atomic mass is 15.4. The third kappa shape index (κ3) is 4.12. The van der Waals surface area contributed by atoms with Crippen molar-refractivity contribution in [3.63, 3.8) is 0 Å². The maximum atomic E-state index is 4.45. The van der Waals surface area contributed by atoms with Crippen LogP contribution >= 0.6 is 0 Å². The van der Waals surface area contributed by atoms with Gasteiger partial charge in [0.15, 0.2) is 0 Å². The van der Waals surface area contributed by atoms with E-state index in [9.17, 15) is 0 Å². The first-order valence-electron chi connectivity index (χ1n) is 7.36. The Labute approximate surface area is 126 Å². The van der Waals surface area contributed by atoms with Gasteiger partial charge in [0.2, 0.25) is 5.95 Å². The first-order valence-corrected chi connectivity index (χ1v) is 7.36. The molecule has 0 saturated carbocycles. The molecule has 0 aliphatic heterocycles. The molecule has 2 rings (SSSR count). The number of anilines is 1. The van der Waals surface area contributed by atoms with Crippen molar-refractivity contribution in [3.05, 3.63) is 52.8 Å². The lowest BCUT2D eigenvalue weighted by molar-refractivity contribution is 0.933. The predicted molar refractivity (Wildman–Crippen MR) is 87.8 cm³/mol. The lowest BCUT2D eigenvalue weighted by Gasteiger charge is -2.06. The minimum absolute atomic E-state index is 0.567. The zero-order valence-corrected chi connectivity index (χ0v) is 13.1. The summed E-state index contributed by atoms with van der Waals surface area (Å²) in [5.74, 6) is 0.567. The molecular weight excluding hydrogens is 260 g/mol. The Morgan fingerprint density at radius 2 is 1.62 bits per heavy atom. The first kappa shape index (κ1) is 15.2. The summed E-state index contributed by atoms with van der Waals surface area (Å²) >= 11 is 0. The molecule has 0 spiro atoms. The Morgan fingerprint density at radius 3 is 2.14 bits per heavy atom. The van der Waals surface area contributed by atoms with Gasteiger partial charge in [0.25, 0.3) is 0 Å². The molecule has 1 N–H and O–H groups in total. The van der Waals surface area contributed by atoms with Gasteiger partial charge in [0.1, 0.15) is 0 Å². The highest BCUT2D eigenvalue weighted by Crippen LogP contribution is 2.09. The van der Waals surface area contributed by atoms with E-state index in [1.807, 2.05) is 13.0 Å². The number of aryl methyl sites for hydroxylation is 3. The Kier molecular flexibility index (Phi) is 5.04. The molecule has 110 valence electrons. The molecule has 0 radical (unpaired) electrons. The van der Waals surface area contributed by atoms with Gasteiger partial charge in [0, 0.05) is 11.4 Å². The lowest BCUT2D eigenvalue weighted by atomic mass is 10.1. The Bertz CT molecular complexity index is 607. The highest BCUT2D eigenvalue weighted by Gasteiger charge is 2.02. The van der Waals surface area contributed by atoms with Crippen LogP contribution in [0.1, 0.15) is 43.3 Å². The molecular formula is C17H22N4. The minimum atomic E-state index is 0.567. The number of aromatic nitrogens is 2. The van der Waals surface area contributed by atoms with Gasteiger partial charge < -0.3 is 0 Å². The molecule has 0 saturated heterocycles. The molecule has 21 heavy (non-hydrogen) atoms. The van der Waals surface area contributed by atoms with Crippen molar-refractivity contribution in [1.82, 2.24) is 9.97 Å². The summed E-state index contributed by atoms with van der Waals surface area (Å²) in [6.07, 6.45) is 1.79. The number of nitrogens with zero attached hydrogens (tertiary/aromatic N) is 3. The molecule has 0 unspecified atom stereocenters. The molecule has 4 nitrogen and oxygen atoms in total. The molecule has 0 fully saturated rings. The average molecular weight is 282 g/mol. The lowest BCUT2D eigenvalue weighted by Crippen LogP contribution is -2.05. The Balaban J connectivity index is 2.17. The van der Waals surface area contributed by atoms with Crippen molar-refractivity contribution in [2.45, 2.75) is 40.5 Å². The second kappa shape index (κ2) is 6.97. The van der Waals surface area contributed by atoms with Crippen molar-refractivity contribution in [3.8, 4) is 0 Å². The van der Waals surface area contributed by atoms with Gasteiger partial charge >= 0.3 is 0 Å². The van der Waals surface area contributed by atoms with Crippen LogP contribution in [0.3, 0.4) is 0 Å². The summed E-state index contributed by atoms with van der Waals surface area (Å²) in [6.45, 7) is 8.23. The van der Waals surface area contributed by atoms with Crippen LogP contribution in [0, 0.1) is 6.92 Å². The summed E-state index contributed by atoms with van der Waals surface area (Å²) in [6, 6.07) is 10.3. The molecule has 0 atom stereocenters. The number of hydrogen-bond donors (Lipinski definition) is 1. The fourth-order valence-corrected chi connectivity index (χ4v) is 1.96. The fourth-order valence-electron chi connectivity index (χ4n) is 1.96. The standard InChI is InChI=1S/C17H22N4/c1-5-15-11-16(6-2)19-17(18-15)21-20-13(4)14-9-7-12(3)8-10-14/h7-11H,5-6H2,1-4H3,(H,18,19,21). The van der Waals surface area contributed by atoms with E-state index >= 15 is 0 Å². The smallest absolute Gasteiger partial charge is 0.243 e. The summed E-state index contributed by atoms with van der Waals surface area (Å²) in [7, 11) is 0. The van der Waals surface area contributed by atoms with Crippen molar-refractivity contribution < 1.29 is 0 Å². The van der Waals surface area contributed by atoms with E-state index in [0.717, 1.165) is 35.5 Å². The van der Waals surface area contributed by atoms with Crippen molar-refractivity contribution in [1.29, 1.82) is 0 Å². The van der Waals surface area contributed by atoms with Crippen molar-refractivity contribution in [2.24, 2.45) is 5.10 Å². The highest BCUT2D eigenvalue weighted by molar-refractivity contribution is 5.99. The van der Waals surface area contributed by atoms with Gasteiger partial charge in [-0.1, -0.05) is 43.7 Å². The largest absolute Gasteiger partial charge is 0.245 e. The zero-order valence-electron chi connectivity index (χ0n) is 13.1. The summed E-state index contributed by atoms with van der Waals surface area (Å²) in [5, 5.41) is 4.39. The van der Waals surface area contributed by atoms with Gasteiger partial charge in [-0.25, -0.2) is 15.4 Å². The fraction of sp³-hybridized carbons (Fsp3) is 0.353. The quantitative estimate of drug-likeness (QED) is 0.671. The molecule has 0 amide bonds. The number of nitrogens with one attached hydrogen (secondary N) is 1. The summed E-state index contributed by atoms with van der Waals surface area (Å²) < 4.78 is 0. The Morgan fingerprint density at radius 1 is 1.05 bits per heavy atom. The first-order chi connectivity index (χ1) is 10.1. The van der Waals surface area contributed by atoms with Crippen LogP contribution < -0.4 is 5.43 Å². The number of benzene rings is 1. The number of rotatable bonds is 5. The van der Waals surface area contributed by atoms with Crippen molar-refractivity contribution >= 4 is 11.7 Å². The molecule has 2 aromatic rings. The second-order valence-electron chi connectivity index (χ2n) is 5.06. The van der Waals surface area contributed by atoms with E-state index in [0.29, 0.717) is 5.95 Å².